The summed E-state index contributed by atoms with van der Waals surface area (Å²) in [5.74, 6) is 1.76. The molecule has 1 aliphatic heterocycles. The summed E-state index contributed by atoms with van der Waals surface area (Å²) in [6.07, 6.45) is 9.82. The lowest BCUT2D eigenvalue weighted by Crippen LogP contribution is -2.44. The van der Waals surface area contributed by atoms with Gasteiger partial charge in [0.15, 0.2) is 0 Å². The topological polar surface area (TPSA) is 29.3 Å². The minimum Gasteiger partial charge on any atom is -0.330 e. The molecular formula is C14H28N2. The standard InChI is InChI=1S/C14H28N2/c1-2-5-12-8-9-16(11-12)14-7-4-3-6-13(14)10-15/h12-14H,2-11,15H2,1H3. The Morgan fingerprint density at radius 1 is 1.19 bits per heavy atom. The minimum absolute atomic E-state index is 0.786. The molecule has 0 spiro atoms. The van der Waals surface area contributed by atoms with Crippen molar-refractivity contribution in [1.82, 2.24) is 4.90 Å². The quantitative estimate of drug-likeness (QED) is 0.795. The van der Waals surface area contributed by atoms with Crippen LogP contribution in [0.5, 0.6) is 0 Å². The van der Waals surface area contributed by atoms with Gasteiger partial charge in [-0.1, -0.05) is 26.2 Å². The number of nitrogens with two attached hydrogens (primary N) is 1. The summed E-state index contributed by atoms with van der Waals surface area (Å²) in [5, 5.41) is 0. The van der Waals surface area contributed by atoms with Gasteiger partial charge in [0.1, 0.15) is 0 Å². The highest BCUT2D eigenvalue weighted by atomic mass is 15.2. The smallest absolute Gasteiger partial charge is 0.0136 e. The first-order chi connectivity index (χ1) is 7.85. The molecule has 1 aliphatic carbocycles. The van der Waals surface area contributed by atoms with Crippen molar-refractivity contribution in [2.75, 3.05) is 19.6 Å². The van der Waals surface area contributed by atoms with Gasteiger partial charge in [0.2, 0.25) is 0 Å². The molecule has 2 nitrogen and oxygen atoms in total. The molecule has 2 aliphatic rings. The Bertz CT molecular complexity index is 205. The highest BCUT2D eigenvalue weighted by Crippen LogP contribution is 2.32. The minimum atomic E-state index is 0.786. The molecule has 16 heavy (non-hydrogen) atoms. The van der Waals surface area contributed by atoms with Crippen molar-refractivity contribution in [3.63, 3.8) is 0 Å². The van der Waals surface area contributed by atoms with Gasteiger partial charge in [-0.25, -0.2) is 0 Å². The van der Waals surface area contributed by atoms with E-state index in [-0.39, 0.29) is 0 Å². The molecule has 0 radical (unpaired) electrons. The van der Waals surface area contributed by atoms with Crippen molar-refractivity contribution >= 4 is 0 Å². The lowest BCUT2D eigenvalue weighted by atomic mass is 9.83. The molecule has 2 fully saturated rings. The summed E-state index contributed by atoms with van der Waals surface area (Å²) < 4.78 is 0. The normalized spacial score (nSPS) is 36.8. The fraction of sp³-hybridized carbons (Fsp3) is 1.00. The van der Waals surface area contributed by atoms with E-state index in [4.69, 9.17) is 5.73 Å². The number of nitrogens with zero attached hydrogens (tertiary/aromatic N) is 1. The van der Waals surface area contributed by atoms with Crippen LogP contribution in [0.1, 0.15) is 51.9 Å². The molecule has 2 N–H and O–H groups in total. The first-order valence-electron chi connectivity index (χ1n) is 7.29. The van der Waals surface area contributed by atoms with Crippen molar-refractivity contribution in [3.05, 3.63) is 0 Å². The summed E-state index contributed by atoms with van der Waals surface area (Å²) >= 11 is 0. The van der Waals surface area contributed by atoms with E-state index in [2.05, 4.69) is 11.8 Å². The summed E-state index contributed by atoms with van der Waals surface area (Å²) in [6.45, 7) is 5.91. The molecule has 0 bridgehead atoms. The highest BCUT2D eigenvalue weighted by molar-refractivity contribution is 4.88. The lowest BCUT2D eigenvalue weighted by molar-refractivity contribution is 0.127. The lowest BCUT2D eigenvalue weighted by Gasteiger charge is -2.37. The maximum Gasteiger partial charge on any atom is 0.0136 e. The van der Waals surface area contributed by atoms with Crippen molar-refractivity contribution in [2.45, 2.75) is 57.9 Å². The molecule has 1 heterocycles. The zero-order valence-corrected chi connectivity index (χ0v) is 10.8. The third kappa shape index (κ3) is 2.78. The second kappa shape index (κ2) is 6.02. The maximum absolute atomic E-state index is 5.93. The predicted molar refractivity (Wildman–Crippen MR) is 69.4 cm³/mol. The molecule has 2 heteroatoms. The van der Waals surface area contributed by atoms with Crippen LogP contribution in [0.25, 0.3) is 0 Å². The first-order valence-corrected chi connectivity index (χ1v) is 7.29. The molecule has 0 aromatic heterocycles. The van der Waals surface area contributed by atoms with Crippen LogP contribution in [0.3, 0.4) is 0 Å². The highest BCUT2D eigenvalue weighted by Gasteiger charge is 2.33. The summed E-state index contributed by atoms with van der Waals surface area (Å²) in [7, 11) is 0. The zero-order chi connectivity index (χ0) is 11.4. The molecule has 0 aromatic rings. The summed E-state index contributed by atoms with van der Waals surface area (Å²) in [5.41, 5.74) is 5.93. The van der Waals surface area contributed by atoms with E-state index in [0.29, 0.717) is 0 Å². The van der Waals surface area contributed by atoms with Gasteiger partial charge < -0.3 is 5.73 Å². The van der Waals surface area contributed by atoms with E-state index in [1.54, 1.807) is 0 Å². The van der Waals surface area contributed by atoms with Crippen LogP contribution < -0.4 is 5.73 Å². The van der Waals surface area contributed by atoms with Crippen molar-refractivity contribution in [1.29, 1.82) is 0 Å². The summed E-state index contributed by atoms with van der Waals surface area (Å²) in [6, 6.07) is 0.820. The fourth-order valence-corrected chi connectivity index (χ4v) is 3.75. The van der Waals surface area contributed by atoms with Gasteiger partial charge >= 0.3 is 0 Å². The number of hydrogen-bond acceptors (Lipinski definition) is 2. The Balaban J connectivity index is 1.86. The van der Waals surface area contributed by atoms with Crippen LogP contribution in [-0.4, -0.2) is 30.6 Å². The Labute approximate surface area is 101 Å². The van der Waals surface area contributed by atoms with Crippen LogP contribution in [0, 0.1) is 11.8 Å². The Hall–Kier alpha value is -0.0800. The third-order valence-electron chi connectivity index (χ3n) is 4.65. The van der Waals surface area contributed by atoms with Gasteiger partial charge in [-0.05, 0) is 50.6 Å². The van der Waals surface area contributed by atoms with Gasteiger partial charge in [0.25, 0.3) is 0 Å². The van der Waals surface area contributed by atoms with Gasteiger partial charge in [-0.2, -0.15) is 0 Å². The number of likely N-dealkylation sites (tertiary alicyclic amines) is 1. The first kappa shape index (κ1) is 12.4. The fourth-order valence-electron chi connectivity index (χ4n) is 3.75. The average Bonchev–Trinajstić information content (AvgIpc) is 2.78. The van der Waals surface area contributed by atoms with Crippen LogP contribution in [0.2, 0.25) is 0 Å². The van der Waals surface area contributed by atoms with Crippen molar-refractivity contribution < 1.29 is 0 Å². The second-order valence-corrected chi connectivity index (χ2v) is 5.79. The van der Waals surface area contributed by atoms with E-state index < -0.39 is 0 Å². The monoisotopic (exact) mass is 224 g/mol. The van der Waals surface area contributed by atoms with E-state index in [9.17, 15) is 0 Å². The molecule has 1 saturated carbocycles. The van der Waals surface area contributed by atoms with Gasteiger partial charge in [-0.15, -0.1) is 0 Å². The van der Waals surface area contributed by atoms with E-state index in [1.807, 2.05) is 0 Å². The molecule has 3 unspecified atom stereocenters. The van der Waals surface area contributed by atoms with Crippen molar-refractivity contribution in [2.24, 2.45) is 17.6 Å². The molecule has 2 rings (SSSR count). The molecule has 0 aromatic carbocycles. The van der Waals surface area contributed by atoms with Gasteiger partial charge in [0, 0.05) is 12.6 Å². The molecule has 0 amide bonds. The molecular weight excluding hydrogens is 196 g/mol. The van der Waals surface area contributed by atoms with Crippen LogP contribution in [0.15, 0.2) is 0 Å². The largest absolute Gasteiger partial charge is 0.330 e. The summed E-state index contributed by atoms with van der Waals surface area (Å²) in [4.78, 5) is 2.76. The number of rotatable bonds is 4. The van der Waals surface area contributed by atoms with E-state index >= 15 is 0 Å². The SMILES string of the molecule is CCCC1CCN(C2CCCCC2CN)C1. The van der Waals surface area contributed by atoms with Crippen LogP contribution in [-0.2, 0) is 0 Å². The van der Waals surface area contributed by atoms with Crippen LogP contribution >= 0.6 is 0 Å². The second-order valence-electron chi connectivity index (χ2n) is 5.79. The van der Waals surface area contributed by atoms with E-state index in [0.717, 1.165) is 24.4 Å². The van der Waals surface area contributed by atoms with Crippen LogP contribution in [0.4, 0.5) is 0 Å². The van der Waals surface area contributed by atoms with E-state index in [1.165, 1.54) is 58.0 Å². The third-order valence-corrected chi connectivity index (χ3v) is 4.65. The average molecular weight is 224 g/mol. The van der Waals surface area contributed by atoms with Gasteiger partial charge in [0.05, 0.1) is 0 Å². The zero-order valence-electron chi connectivity index (χ0n) is 10.8. The predicted octanol–water partition coefficient (Wildman–Crippen LogP) is 2.63. The molecule has 3 atom stereocenters. The Morgan fingerprint density at radius 3 is 2.75 bits per heavy atom. The Kier molecular flexibility index (Phi) is 4.66. The van der Waals surface area contributed by atoms with Crippen molar-refractivity contribution in [3.8, 4) is 0 Å². The van der Waals surface area contributed by atoms with Gasteiger partial charge in [-0.3, -0.25) is 4.90 Å². The molecule has 94 valence electrons. The Morgan fingerprint density at radius 2 is 2.00 bits per heavy atom. The molecule has 1 saturated heterocycles. The number of hydrogen-bond donors (Lipinski definition) is 1. The maximum atomic E-state index is 5.93.